The highest BCUT2D eigenvalue weighted by Gasteiger charge is 2.36. The van der Waals surface area contributed by atoms with E-state index in [2.05, 4.69) is 15.9 Å². The van der Waals surface area contributed by atoms with E-state index < -0.39 is 5.91 Å². The lowest BCUT2D eigenvalue weighted by atomic mass is 10.0. The van der Waals surface area contributed by atoms with Crippen molar-refractivity contribution in [3.63, 3.8) is 0 Å². The van der Waals surface area contributed by atoms with Gasteiger partial charge in [-0.25, -0.2) is 0 Å². The molecule has 0 aromatic heterocycles. The molecule has 4 heteroatoms. The highest BCUT2D eigenvalue weighted by molar-refractivity contribution is 9.09. The zero-order valence-electron chi connectivity index (χ0n) is 9.92. The maximum atomic E-state index is 11.9. The van der Waals surface area contributed by atoms with Crippen LogP contribution in [0.2, 0.25) is 0 Å². The molecule has 3 nitrogen and oxygen atoms in total. The Morgan fingerprint density at radius 2 is 1.94 bits per heavy atom. The smallest absolute Gasteiger partial charge is 0.299 e. The number of Topliss-reactive ketones (excluding diaryl/α,β-unsaturated/α-hetero) is 1. The van der Waals surface area contributed by atoms with Gasteiger partial charge in [-0.3, -0.25) is 9.59 Å². The van der Waals surface area contributed by atoms with E-state index in [1.54, 1.807) is 11.0 Å². The first-order valence-corrected chi connectivity index (χ1v) is 6.72. The molecular formula is C13H14BrNO2. The summed E-state index contributed by atoms with van der Waals surface area (Å²) in [5.74, 6) is -0.768. The zero-order valence-corrected chi connectivity index (χ0v) is 11.5. The Bertz CT molecular complexity index is 496. The van der Waals surface area contributed by atoms with Gasteiger partial charge in [-0.05, 0) is 37.5 Å². The summed E-state index contributed by atoms with van der Waals surface area (Å²) in [6.45, 7) is 4.47. The first-order chi connectivity index (χ1) is 8.06. The van der Waals surface area contributed by atoms with Crippen LogP contribution in [0.5, 0.6) is 0 Å². The van der Waals surface area contributed by atoms with Crippen LogP contribution in [0.15, 0.2) is 12.1 Å². The maximum Gasteiger partial charge on any atom is 0.299 e. The van der Waals surface area contributed by atoms with Crippen molar-refractivity contribution in [2.45, 2.75) is 20.3 Å². The Kier molecular flexibility index (Phi) is 3.33. The Balaban J connectivity index is 2.48. The number of nitrogens with zero attached hydrogens (tertiary/aromatic N) is 1. The number of halogens is 1. The van der Waals surface area contributed by atoms with E-state index >= 15 is 0 Å². The van der Waals surface area contributed by atoms with Crippen LogP contribution >= 0.6 is 15.9 Å². The summed E-state index contributed by atoms with van der Waals surface area (Å²) in [6.07, 6.45) is 0.839. The van der Waals surface area contributed by atoms with Crippen LogP contribution in [0.25, 0.3) is 0 Å². The lowest BCUT2D eigenvalue weighted by molar-refractivity contribution is -0.114. The Labute approximate surface area is 109 Å². The average molecular weight is 296 g/mol. The number of rotatable bonds is 3. The molecule has 1 aromatic carbocycles. The lowest BCUT2D eigenvalue weighted by Crippen LogP contribution is -2.31. The molecule has 1 amide bonds. The summed E-state index contributed by atoms with van der Waals surface area (Å²) >= 11 is 3.34. The van der Waals surface area contributed by atoms with E-state index in [0.29, 0.717) is 12.1 Å². The van der Waals surface area contributed by atoms with Gasteiger partial charge in [-0.1, -0.05) is 22.0 Å². The highest BCUT2D eigenvalue weighted by Crippen LogP contribution is 2.33. The number of carbonyl (C=O) groups is 2. The number of fused-ring (bicyclic) bond motifs is 1. The third-order valence-electron chi connectivity index (χ3n) is 2.91. The van der Waals surface area contributed by atoms with Crippen molar-refractivity contribution in [1.29, 1.82) is 0 Å². The number of alkyl halides is 1. The predicted molar refractivity (Wildman–Crippen MR) is 71.0 cm³/mol. The van der Waals surface area contributed by atoms with Crippen LogP contribution in [0.1, 0.15) is 27.9 Å². The molecule has 0 atom stereocenters. The highest BCUT2D eigenvalue weighted by atomic mass is 79.9. The van der Waals surface area contributed by atoms with E-state index in [1.165, 1.54) is 0 Å². The summed E-state index contributed by atoms with van der Waals surface area (Å²) in [5, 5.41) is 0.825. The van der Waals surface area contributed by atoms with E-state index in [0.717, 1.165) is 28.6 Å². The number of hydrogen-bond donors (Lipinski definition) is 0. The normalized spacial score (nSPS) is 14.4. The quantitative estimate of drug-likeness (QED) is 0.635. The molecule has 0 bridgehead atoms. The molecular weight excluding hydrogens is 282 g/mol. The second kappa shape index (κ2) is 4.61. The third-order valence-corrected chi connectivity index (χ3v) is 3.47. The maximum absolute atomic E-state index is 11.9. The van der Waals surface area contributed by atoms with Crippen molar-refractivity contribution in [2.75, 3.05) is 16.8 Å². The standard InChI is InChI=1S/C13H14BrNO2/c1-8-6-9(2)11-10(7-8)12(16)13(17)15(11)5-3-4-14/h6-7H,3-5H2,1-2H3. The average Bonchev–Trinajstić information content (AvgIpc) is 2.51. The largest absolute Gasteiger partial charge is 0.304 e. The van der Waals surface area contributed by atoms with Crippen molar-refractivity contribution in [3.8, 4) is 0 Å². The van der Waals surface area contributed by atoms with Crippen LogP contribution in [0.4, 0.5) is 5.69 Å². The second-order valence-corrected chi connectivity index (χ2v) is 5.10. The minimum Gasteiger partial charge on any atom is -0.304 e. The van der Waals surface area contributed by atoms with Crippen molar-refractivity contribution >= 4 is 33.3 Å². The molecule has 90 valence electrons. The van der Waals surface area contributed by atoms with Crippen molar-refractivity contribution in [3.05, 3.63) is 28.8 Å². The number of carbonyl (C=O) groups excluding carboxylic acids is 2. The molecule has 2 rings (SSSR count). The molecule has 0 saturated carbocycles. The molecule has 0 unspecified atom stereocenters. The van der Waals surface area contributed by atoms with E-state index in [4.69, 9.17) is 0 Å². The van der Waals surface area contributed by atoms with Gasteiger partial charge in [0, 0.05) is 11.9 Å². The van der Waals surface area contributed by atoms with Gasteiger partial charge >= 0.3 is 0 Å². The van der Waals surface area contributed by atoms with Gasteiger partial charge in [-0.2, -0.15) is 0 Å². The molecule has 1 heterocycles. The number of hydrogen-bond acceptors (Lipinski definition) is 2. The summed E-state index contributed by atoms with van der Waals surface area (Å²) in [6, 6.07) is 3.81. The first-order valence-electron chi connectivity index (χ1n) is 5.59. The molecule has 1 aromatic rings. The van der Waals surface area contributed by atoms with Gasteiger partial charge in [-0.15, -0.1) is 0 Å². The van der Waals surface area contributed by atoms with Gasteiger partial charge in [0.05, 0.1) is 11.3 Å². The topological polar surface area (TPSA) is 37.4 Å². The number of aryl methyl sites for hydroxylation is 2. The fraction of sp³-hybridized carbons (Fsp3) is 0.385. The fourth-order valence-electron chi connectivity index (χ4n) is 2.26. The fourth-order valence-corrected chi connectivity index (χ4v) is 2.51. The molecule has 17 heavy (non-hydrogen) atoms. The summed E-state index contributed by atoms with van der Waals surface area (Å²) in [7, 11) is 0. The van der Waals surface area contributed by atoms with Gasteiger partial charge in [0.25, 0.3) is 11.7 Å². The monoisotopic (exact) mass is 295 g/mol. The van der Waals surface area contributed by atoms with Gasteiger partial charge in [0.2, 0.25) is 0 Å². The molecule has 0 aliphatic carbocycles. The summed E-state index contributed by atoms with van der Waals surface area (Å²) in [5.41, 5.74) is 3.37. The number of amides is 1. The number of ketones is 1. The summed E-state index contributed by atoms with van der Waals surface area (Å²) < 4.78 is 0. The van der Waals surface area contributed by atoms with Crippen LogP contribution in [0.3, 0.4) is 0 Å². The van der Waals surface area contributed by atoms with Crippen molar-refractivity contribution in [2.24, 2.45) is 0 Å². The first kappa shape index (κ1) is 12.3. The molecule has 1 aliphatic rings. The Morgan fingerprint density at radius 1 is 1.24 bits per heavy atom. The van der Waals surface area contributed by atoms with Gasteiger partial charge in [0.15, 0.2) is 0 Å². The van der Waals surface area contributed by atoms with Gasteiger partial charge in [0.1, 0.15) is 0 Å². The van der Waals surface area contributed by atoms with E-state index in [9.17, 15) is 9.59 Å². The predicted octanol–water partition coefficient (Wildman–Crippen LogP) is 2.62. The van der Waals surface area contributed by atoms with Crippen LogP contribution < -0.4 is 4.90 Å². The molecule has 0 saturated heterocycles. The minimum atomic E-state index is -0.394. The Hall–Kier alpha value is -1.16. The molecule has 0 N–H and O–H groups in total. The van der Waals surface area contributed by atoms with Crippen LogP contribution in [-0.4, -0.2) is 23.6 Å². The van der Waals surface area contributed by atoms with Crippen LogP contribution in [0, 0.1) is 13.8 Å². The number of benzene rings is 1. The van der Waals surface area contributed by atoms with Crippen molar-refractivity contribution < 1.29 is 9.59 Å². The van der Waals surface area contributed by atoms with Gasteiger partial charge < -0.3 is 4.90 Å². The second-order valence-electron chi connectivity index (χ2n) is 4.31. The SMILES string of the molecule is Cc1cc(C)c2c(c1)C(=O)C(=O)N2CCCBr. The summed E-state index contributed by atoms with van der Waals surface area (Å²) in [4.78, 5) is 25.4. The molecule has 0 spiro atoms. The zero-order chi connectivity index (χ0) is 12.6. The number of anilines is 1. The third kappa shape index (κ3) is 2.02. The molecule has 0 radical (unpaired) electrons. The Morgan fingerprint density at radius 3 is 2.59 bits per heavy atom. The lowest BCUT2D eigenvalue weighted by Gasteiger charge is -2.18. The van der Waals surface area contributed by atoms with Crippen molar-refractivity contribution in [1.82, 2.24) is 0 Å². The van der Waals surface area contributed by atoms with E-state index in [-0.39, 0.29) is 5.78 Å². The van der Waals surface area contributed by atoms with E-state index in [1.807, 2.05) is 19.9 Å². The van der Waals surface area contributed by atoms with Crippen LogP contribution in [-0.2, 0) is 4.79 Å². The molecule has 0 fully saturated rings. The molecule has 1 aliphatic heterocycles. The minimum absolute atomic E-state index is 0.374.